The molecule has 0 bridgehead atoms. The lowest BCUT2D eigenvalue weighted by molar-refractivity contribution is -0.137. The molecule has 0 heterocycles. The monoisotopic (exact) mass is 264 g/mol. The zero-order chi connectivity index (χ0) is 14.3. The van der Waals surface area contributed by atoms with E-state index >= 15 is 0 Å². The number of aliphatic carboxylic acids is 1. The number of urea groups is 1. The first kappa shape index (κ1) is 15.0. The van der Waals surface area contributed by atoms with E-state index in [1.807, 2.05) is 37.3 Å². The summed E-state index contributed by atoms with van der Waals surface area (Å²) in [5.41, 5.74) is 1.06. The van der Waals surface area contributed by atoms with Crippen LogP contribution in [0, 0.1) is 0 Å². The van der Waals surface area contributed by atoms with Gasteiger partial charge in [0.25, 0.3) is 0 Å². The van der Waals surface area contributed by atoms with Crippen molar-refractivity contribution in [3.8, 4) is 0 Å². The zero-order valence-electron chi connectivity index (χ0n) is 11.4. The molecule has 0 unspecified atom stereocenters. The van der Waals surface area contributed by atoms with Crippen LogP contribution in [0.5, 0.6) is 0 Å². The van der Waals surface area contributed by atoms with Gasteiger partial charge in [0.1, 0.15) is 0 Å². The van der Waals surface area contributed by atoms with Crippen molar-refractivity contribution in [3.05, 3.63) is 35.9 Å². The van der Waals surface area contributed by atoms with E-state index in [2.05, 4.69) is 0 Å². The van der Waals surface area contributed by atoms with Crippen molar-refractivity contribution >= 4 is 12.0 Å². The van der Waals surface area contributed by atoms with E-state index in [0.717, 1.165) is 5.56 Å². The summed E-state index contributed by atoms with van der Waals surface area (Å²) >= 11 is 0. The molecular weight excluding hydrogens is 244 g/mol. The quantitative estimate of drug-likeness (QED) is 0.855. The minimum atomic E-state index is -0.897. The SMILES string of the molecule is CCN(Cc1ccccc1)C(=O)N(C)CCC(=O)O. The van der Waals surface area contributed by atoms with Gasteiger partial charge in [0.15, 0.2) is 0 Å². The Bertz CT molecular complexity index is 420. The van der Waals surface area contributed by atoms with Gasteiger partial charge in [0.05, 0.1) is 6.42 Å². The van der Waals surface area contributed by atoms with Crippen LogP contribution < -0.4 is 0 Å². The van der Waals surface area contributed by atoms with Crippen LogP contribution in [0.2, 0.25) is 0 Å². The number of nitrogens with zero attached hydrogens (tertiary/aromatic N) is 2. The molecule has 0 aliphatic heterocycles. The minimum Gasteiger partial charge on any atom is -0.481 e. The molecule has 0 saturated heterocycles. The first-order chi connectivity index (χ1) is 9.04. The van der Waals surface area contributed by atoms with Gasteiger partial charge in [-0.3, -0.25) is 4.79 Å². The molecule has 0 spiro atoms. The molecule has 1 rings (SSSR count). The molecule has 1 aromatic carbocycles. The van der Waals surface area contributed by atoms with E-state index in [-0.39, 0.29) is 19.0 Å². The van der Waals surface area contributed by atoms with Gasteiger partial charge in [-0.1, -0.05) is 30.3 Å². The summed E-state index contributed by atoms with van der Waals surface area (Å²) in [6.07, 6.45) is -0.0366. The van der Waals surface area contributed by atoms with Crippen molar-refractivity contribution in [1.82, 2.24) is 9.80 Å². The Morgan fingerprint density at radius 1 is 1.21 bits per heavy atom. The summed E-state index contributed by atoms with van der Waals surface area (Å²) < 4.78 is 0. The Labute approximate surface area is 113 Å². The molecule has 1 N–H and O–H groups in total. The zero-order valence-corrected chi connectivity index (χ0v) is 11.4. The third kappa shape index (κ3) is 4.99. The van der Waals surface area contributed by atoms with Gasteiger partial charge < -0.3 is 14.9 Å². The first-order valence-electron chi connectivity index (χ1n) is 6.30. The molecule has 5 heteroatoms. The van der Waals surface area contributed by atoms with Crippen LogP contribution >= 0.6 is 0 Å². The highest BCUT2D eigenvalue weighted by molar-refractivity contribution is 5.75. The maximum Gasteiger partial charge on any atom is 0.320 e. The van der Waals surface area contributed by atoms with Crippen LogP contribution in [0.25, 0.3) is 0 Å². The summed E-state index contributed by atoms with van der Waals surface area (Å²) in [4.78, 5) is 25.8. The molecule has 0 atom stereocenters. The van der Waals surface area contributed by atoms with E-state index in [0.29, 0.717) is 13.1 Å². The number of carbonyl (C=O) groups is 2. The largest absolute Gasteiger partial charge is 0.481 e. The molecule has 0 fully saturated rings. The van der Waals surface area contributed by atoms with E-state index in [1.165, 1.54) is 4.90 Å². The average Bonchev–Trinajstić information content (AvgIpc) is 2.42. The molecule has 0 aromatic heterocycles. The third-order valence-electron chi connectivity index (χ3n) is 2.86. The Morgan fingerprint density at radius 2 is 1.84 bits per heavy atom. The van der Waals surface area contributed by atoms with Crippen molar-refractivity contribution in [1.29, 1.82) is 0 Å². The summed E-state index contributed by atoms with van der Waals surface area (Å²) in [7, 11) is 1.62. The Morgan fingerprint density at radius 3 is 2.37 bits per heavy atom. The topological polar surface area (TPSA) is 60.9 Å². The number of hydrogen-bond donors (Lipinski definition) is 1. The predicted molar refractivity (Wildman–Crippen MR) is 72.8 cm³/mol. The van der Waals surface area contributed by atoms with E-state index < -0.39 is 5.97 Å². The molecule has 2 amide bonds. The smallest absolute Gasteiger partial charge is 0.320 e. The number of amides is 2. The van der Waals surface area contributed by atoms with E-state index in [1.54, 1.807) is 11.9 Å². The molecule has 5 nitrogen and oxygen atoms in total. The van der Waals surface area contributed by atoms with Crippen LogP contribution in [-0.2, 0) is 11.3 Å². The maximum absolute atomic E-state index is 12.2. The highest BCUT2D eigenvalue weighted by Gasteiger charge is 2.17. The van der Waals surface area contributed by atoms with Crippen LogP contribution in [-0.4, -0.2) is 47.0 Å². The molecular formula is C14H20N2O3. The van der Waals surface area contributed by atoms with Gasteiger partial charge in [-0.25, -0.2) is 4.79 Å². The lowest BCUT2D eigenvalue weighted by Gasteiger charge is -2.27. The molecule has 0 aliphatic carbocycles. The highest BCUT2D eigenvalue weighted by Crippen LogP contribution is 2.07. The number of rotatable bonds is 6. The van der Waals surface area contributed by atoms with E-state index in [9.17, 15) is 9.59 Å². The number of hydrogen-bond acceptors (Lipinski definition) is 2. The average molecular weight is 264 g/mol. The second-order valence-electron chi connectivity index (χ2n) is 4.35. The predicted octanol–water partition coefficient (Wildman–Crippen LogP) is 2.03. The third-order valence-corrected chi connectivity index (χ3v) is 2.86. The highest BCUT2D eigenvalue weighted by atomic mass is 16.4. The van der Waals surface area contributed by atoms with Gasteiger partial charge in [-0.05, 0) is 12.5 Å². The summed E-state index contributed by atoms with van der Waals surface area (Å²) in [6.45, 7) is 3.25. The van der Waals surface area contributed by atoms with Gasteiger partial charge in [0, 0.05) is 26.7 Å². The lowest BCUT2D eigenvalue weighted by Crippen LogP contribution is -2.41. The number of carboxylic acid groups (broad SMARTS) is 1. The molecule has 0 radical (unpaired) electrons. The number of benzene rings is 1. The van der Waals surface area contributed by atoms with Crippen molar-refractivity contribution < 1.29 is 14.7 Å². The van der Waals surface area contributed by atoms with E-state index in [4.69, 9.17) is 5.11 Å². The van der Waals surface area contributed by atoms with Crippen molar-refractivity contribution in [3.63, 3.8) is 0 Å². The van der Waals surface area contributed by atoms with Crippen molar-refractivity contribution in [2.24, 2.45) is 0 Å². The normalized spacial score (nSPS) is 10.0. The fraction of sp³-hybridized carbons (Fsp3) is 0.429. The second kappa shape index (κ2) is 7.41. The molecule has 104 valence electrons. The fourth-order valence-corrected chi connectivity index (χ4v) is 1.72. The fourth-order valence-electron chi connectivity index (χ4n) is 1.72. The lowest BCUT2D eigenvalue weighted by atomic mass is 10.2. The van der Waals surface area contributed by atoms with Crippen LogP contribution in [0.4, 0.5) is 4.79 Å². The summed E-state index contributed by atoms with van der Waals surface area (Å²) in [5.74, 6) is -0.897. The Balaban J connectivity index is 2.58. The molecule has 0 aliphatic rings. The van der Waals surface area contributed by atoms with Crippen molar-refractivity contribution in [2.75, 3.05) is 20.1 Å². The number of carbonyl (C=O) groups excluding carboxylic acids is 1. The van der Waals surface area contributed by atoms with Crippen LogP contribution in [0.15, 0.2) is 30.3 Å². The Kier molecular flexibility index (Phi) is 5.85. The minimum absolute atomic E-state index is 0.0366. The van der Waals surface area contributed by atoms with Gasteiger partial charge in [0.2, 0.25) is 0 Å². The molecule has 1 aromatic rings. The van der Waals surface area contributed by atoms with Crippen LogP contribution in [0.1, 0.15) is 18.9 Å². The Hall–Kier alpha value is -2.04. The standard InChI is InChI=1S/C14H20N2O3/c1-3-16(11-12-7-5-4-6-8-12)14(19)15(2)10-9-13(17)18/h4-8H,3,9-11H2,1-2H3,(H,17,18). The molecule has 19 heavy (non-hydrogen) atoms. The maximum atomic E-state index is 12.2. The van der Waals surface area contributed by atoms with Gasteiger partial charge >= 0.3 is 12.0 Å². The second-order valence-corrected chi connectivity index (χ2v) is 4.35. The van der Waals surface area contributed by atoms with Gasteiger partial charge in [-0.2, -0.15) is 0 Å². The van der Waals surface area contributed by atoms with Crippen molar-refractivity contribution in [2.45, 2.75) is 19.9 Å². The summed E-state index contributed by atoms with van der Waals surface area (Å²) in [6, 6.07) is 9.58. The van der Waals surface area contributed by atoms with Gasteiger partial charge in [-0.15, -0.1) is 0 Å². The first-order valence-corrected chi connectivity index (χ1v) is 6.30. The number of carboxylic acids is 1. The van der Waals surface area contributed by atoms with Crippen LogP contribution in [0.3, 0.4) is 0 Å². The molecule has 0 saturated carbocycles. The summed E-state index contributed by atoms with van der Waals surface area (Å²) in [5, 5.41) is 8.62.